The monoisotopic (exact) mass is 414 g/mol. The van der Waals surface area contributed by atoms with Crippen molar-refractivity contribution in [1.29, 1.82) is 0 Å². The predicted molar refractivity (Wildman–Crippen MR) is 112 cm³/mol. The van der Waals surface area contributed by atoms with E-state index in [4.69, 9.17) is 0 Å². The second kappa shape index (κ2) is 31.1. The van der Waals surface area contributed by atoms with Gasteiger partial charge in [0.15, 0.2) is 0 Å². The first-order chi connectivity index (χ1) is 12.5. The molecule has 0 spiro atoms. The Balaban J connectivity index is -0.000000192. The van der Waals surface area contributed by atoms with Gasteiger partial charge in [0.05, 0.1) is 0 Å². The number of hydrogen-bond acceptors (Lipinski definition) is 5. The van der Waals surface area contributed by atoms with Gasteiger partial charge in [-0.15, -0.1) is 0 Å². The van der Waals surface area contributed by atoms with Gasteiger partial charge in [-0.2, -0.15) is 0 Å². The number of rotatable bonds is 18. The average Bonchev–Trinajstić information content (AvgIpc) is 2.60. The summed E-state index contributed by atoms with van der Waals surface area (Å²) in [6, 6.07) is 0. The van der Waals surface area contributed by atoms with Crippen molar-refractivity contribution >= 4 is 29.3 Å². The number of hydrogen-bond donors (Lipinski definition) is 0. The SMILES string of the molecule is CCCCCCCCCCC(=O)[O-].CCCCCCCCCCC(=O)[O-].[Al+3].[OH-]. The minimum Gasteiger partial charge on any atom is -0.870 e. The van der Waals surface area contributed by atoms with E-state index in [9.17, 15) is 19.8 Å². The van der Waals surface area contributed by atoms with E-state index in [1.54, 1.807) is 0 Å². The molecule has 1 N–H and O–H groups in total. The van der Waals surface area contributed by atoms with Crippen LogP contribution in [-0.4, -0.2) is 34.8 Å². The van der Waals surface area contributed by atoms with Crippen molar-refractivity contribution in [1.82, 2.24) is 0 Å². The molecule has 0 bridgehead atoms. The summed E-state index contributed by atoms with van der Waals surface area (Å²) in [4.78, 5) is 20.1. The molecule has 0 aliphatic carbocycles. The summed E-state index contributed by atoms with van der Waals surface area (Å²) in [7, 11) is 0. The first-order valence-corrected chi connectivity index (χ1v) is 10.9. The maximum absolute atomic E-state index is 10.1. The molecule has 0 atom stereocenters. The molecule has 0 radical (unpaired) electrons. The quantitative estimate of drug-likeness (QED) is 0.249. The number of carboxylic acid groups (broad SMARTS) is 2. The second-order valence-electron chi connectivity index (χ2n) is 7.19. The Bertz CT molecular complexity index is 281. The average molecular weight is 415 g/mol. The summed E-state index contributed by atoms with van der Waals surface area (Å²) >= 11 is 0. The molecular formula is C22H43AlO5. The number of unbranched alkanes of at least 4 members (excludes halogenated alkanes) is 14. The van der Waals surface area contributed by atoms with E-state index in [1.807, 2.05) is 0 Å². The van der Waals surface area contributed by atoms with Crippen LogP contribution in [-0.2, 0) is 9.59 Å². The summed E-state index contributed by atoms with van der Waals surface area (Å²) in [6.07, 6.45) is 19.5. The fraction of sp³-hybridized carbons (Fsp3) is 0.909. The van der Waals surface area contributed by atoms with Crippen molar-refractivity contribution in [2.45, 2.75) is 129 Å². The third kappa shape index (κ3) is 40.2. The molecule has 0 amide bonds. The van der Waals surface area contributed by atoms with Gasteiger partial charge in [0.25, 0.3) is 0 Å². The van der Waals surface area contributed by atoms with Crippen molar-refractivity contribution < 1.29 is 25.3 Å². The van der Waals surface area contributed by atoms with Gasteiger partial charge in [-0.1, -0.05) is 104 Å². The number of carboxylic acids is 2. The van der Waals surface area contributed by atoms with Crippen LogP contribution in [0.25, 0.3) is 0 Å². The van der Waals surface area contributed by atoms with Crippen LogP contribution in [0.3, 0.4) is 0 Å². The summed E-state index contributed by atoms with van der Waals surface area (Å²) in [5.74, 6) is -1.82. The first kappa shape index (κ1) is 34.9. The molecule has 0 rings (SSSR count). The Labute approximate surface area is 184 Å². The molecule has 0 heterocycles. The van der Waals surface area contributed by atoms with Crippen LogP contribution in [0.1, 0.15) is 129 Å². The third-order valence-electron chi connectivity index (χ3n) is 4.47. The smallest absolute Gasteiger partial charge is 0.870 e. The van der Waals surface area contributed by atoms with E-state index in [-0.39, 0.29) is 35.7 Å². The van der Waals surface area contributed by atoms with Gasteiger partial charge < -0.3 is 25.3 Å². The summed E-state index contributed by atoms with van der Waals surface area (Å²) < 4.78 is 0. The fourth-order valence-electron chi connectivity index (χ4n) is 2.81. The number of aliphatic carboxylic acids is 2. The largest absolute Gasteiger partial charge is 3.00 e. The molecule has 5 nitrogen and oxygen atoms in total. The van der Waals surface area contributed by atoms with Crippen molar-refractivity contribution in [2.75, 3.05) is 0 Å². The number of carbonyl (C=O) groups is 2. The van der Waals surface area contributed by atoms with Gasteiger partial charge in [-0.3, -0.25) is 0 Å². The van der Waals surface area contributed by atoms with Crippen LogP contribution in [0.4, 0.5) is 0 Å². The van der Waals surface area contributed by atoms with E-state index in [2.05, 4.69) is 13.8 Å². The topological polar surface area (TPSA) is 110 Å². The van der Waals surface area contributed by atoms with Gasteiger partial charge in [-0.05, 0) is 25.7 Å². The first-order valence-electron chi connectivity index (χ1n) is 10.9. The van der Waals surface area contributed by atoms with Crippen LogP contribution in [0.5, 0.6) is 0 Å². The minimum atomic E-state index is -0.911. The van der Waals surface area contributed by atoms with Crippen molar-refractivity contribution in [3.8, 4) is 0 Å². The molecule has 0 aliphatic rings. The van der Waals surface area contributed by atoms with Crippen molar-refractivity contribution in [3.63, 3.8) is 0 Å². The molecule has 0 aliphatic heterocycles. The third-order valence-corrected chi connectivity index (χ3v) is 4.47. The molecule has 0 unspecified atom stereocenters. The Kier molecular flexibility index (Phi) is 38.8. The van der Waals surface area contributed by atoms with E-state index in [0.29, 0.717) is 0 Å². The summed E-state index contributed by atoms with van der Waals surface area (Å²) in [5, 5.41) is 20.1. The molecule has 0 aromatic heterocycles. The van der Waals surface area contributed by atoms with Gasteiger partial charge in [0.1, 0.15) is 0 Å². The van der Waals surface area contributed by atoms with Crippen LogP contribution in [0, 0.1) is 0 Å². The van der Waals surface area contributed by atoms with Crippen LogP contribution in [0.15, 0.2) is 0 Å². The Morgan fingerprint density at radius 3 is 0.929 bits per heavy atom. The molecule has 0 aromatic carbocycles. The van der Waals surface area contributed by atoms with Crippen LogP contribution >= 0.6 is 0 Å². The van der Waals surface area contributed by atoms with E-state index in [0.717, 1.165) is 25.7 Å². The van der Waals surface area contributed by atoms with Crippen LogP contribution < -0.4 is 10.2 Å². The van der Waals surface area contributed by atoms with E-state index >= 15 is 0 Å². The second-order valence-corrected chi connectivity index (χ2v) is 7.19. The standard InChI is InChI=1S/2C11H22O2.Al.H2O/c2*1-2-3-4-5-6-7-8-9-10-11(12)13;;/h2*2-10H2,1H3,(H,12,13);;1H2/q;;+3;/p-3. The van der Waals surface area contributed by atoms with Crippen molar-refractivity contribution in [2.24, 2.45) is 0 Å². The zero-order valence-corrected chi connectivity index (χ0v) is 19.5. The minimum absolute atomic E-state index is 0. The molecule has 28 heavy (non-hydrogen) atoms. The predicted octanol–water partition coefficient (Wildman–Crippen LogP) is 3.98. The fourth-order valence-corrected chi connectivity index (χ4v) is 2.81. The van der Waals surface area contributed by atoms with Gasteiger partial charge in [0, 0.05) is 11.9 Å². The molecule has 0 saturated heterocycles. The molecule has 6 heteroatoms. The molecule has 164 valence electrons. The normalized spacial score (nSPS) is 9.50. The zero-order chi connectivity index (χ0) is 19.9. The Hall–Kier alpha value is -0.568. The maximum Gasteiger partial charge on any atom is 3.00 e. The van der Waals surface area contributed by atoms with Gasteiger partial charge in [-0.25, -0.2) is 0 Å². The molecule has 0 aromatic rings. The number of carbonyl (C=O) groups excluding carboxylic acids is 2. The molecule has 0 fully saturated rings. The Morgan fingerprint density at radius 1 is 0.500 bits per heavy atom. The van der Waals surface area contributed by atoms with Gasteiger partial charge >= 0.3 is 17.4 Å². The summed E-state index contributed by atoms with van der Waals surface area (Å²) in [6.45, 7) is 4.42. The Morgan fingerprint density at radius 2 is 0.714 bits per heavy atom. The zero-order valence-electron chi connectivity index (χ0n) is 18.4. The summed E-state index contributed by atoms with van der Waals surface area (Å²) in [5.41, 5.74) is 0. The maximum atomic E-state index is 10.1. The van der Waals surface area contributed by atoms with Crippen LogP contribution in [0.2, 0.25) is 0 Å². The van der Waals surface area contributed by atoms with Crippen molar-refractivity contribution in [3.05, 3.63) is 0 Å². The van der Waals surface area contributed by atoms with Gasteiger partial charge in [0.2, 0.25) is 0 Å². The van der Waals surface area contributed by atoms with E-state index in [1.165, 1.54) is 77.0 Å². The molecule has 0 saturated carbocycles. The molecular weight excluding hydrogens is 371 g/mol. The van der Waals surface area contributed by atoms with E-state index < -0.39 is 11.9 Å².